The van der Waals surface area contributed by atoms with Gasteiger partial charge in [0.25, 0.3) is 9.05 Å². The van der Waals surface area contributed by atoms with Crippen LogP contribution in [0.25, 0.3) is 0 Å². The van der Waals surface area contributed by atoms with Gasteiger partial charge < -0.3 is 0 Å². The summed E-state index contributed by atoms with van der Waals surface area (Å²) in [4.78, 5) is 0. The van der Waals surface area contributed by atoms with E-state index < -0.39 is 9.05 Å². The zero-order valence-electron chi connectivity index (χ0n) is 7.29. The van der Waals surface area contributed by atoms with Gasteiger partial charge in [0.05, 0.1) is 0 Å². The molecule has 0 fully saturated rings. The van der Waals surface area contributed by atoms with Crippen molar-refractivity contribution >= 4 is 19.7 Å². The molecule has 0 aromatic heterocycles. The van der Waals surface area contributed by atoms with Crippen molar-refractivity contribution in [3.8, 4) is 0 Å². The highest BCUT2D eigenvalue weighted by Crippen LogP contribution is 2.05. The summed E-state index contributed by atoms with van der Waals surface area (Å²) in [5.74, 6) is 0. The first-order chi connectivity index (χ1) is 5.56. The molecule has 0 N–H and O–H groups in total. The maximum atomic E-state index is 10.4. The first-order valence-electron chi connectivity index (χ1n) is 4.17. The highest BCUT2D eigenvalue weighted by atomic mass is 35.7. The van der Waals surface area contributed by atoms with Gasteiger partial charge in [-0.3, -0.25) is 0 Å². The predicted octanol–water partition coefficient (Wildman–Crippen LogP) is 3.04. The third-order valence-corrected chi connectivity index (χ3v) is 2.31. The van der Waals surface area contributed by atoms with E-state index in [1.54, 1.807) is 6.08 Å². The highest BCUT2D eigenvalue weighted by molar-refractivity contribution is 8.16. The molecule has 0 atom stereocenters. The fourth-order valence-corrected chi connectivity index (χ4v) is 1.46. The van der Waals surface area contributed by atoms with Crippen molar-refractivity contribution in [3.63, 3.8) is 0 Å². The van der Waals surface area contributed by atoms with E-state index in [9.17, 15) is 8.42 Å². The van der Waals surface area contributed by atoms with Crippen LogP contribution in [0.5, 0.6) is 0 Å². The normalized spacial score (nSPS) is 12.5. The molecular formula is C8H15ClO2S. The Balaban J connectivity index is 3.38. The average Bonchev–Trinajstić information content (AvgIpc) is 1.94. The molecule has 0 aliphatic carbocycles. The molecule has 12 heavy (non-hydrogen) atoms. The van der Waals surface area contributed by atoms with Gasteiger partial charge in [-0.15, -0.1) is 0 Å². The minimum absolute atomic E-state index is 0.798. The van der Waals surface area contributed by atoms with Gasteiger partial charge in [0.2, 0.25) is 0 Å². The number of unbranched alkanes of at least 4 members (excludes halogenated alkanes) is 4. The molecule has 0 radical (unpaired) electrons. The fraction of sp³-hybridized carbons (Fsp3) is 0.750. The Kier molecular flexibility index (Phi) is 6.48. The molecule has 0 saturated carbocycles. The van der Waals surface area contributed by atoms with Crippen molar-refractivity contribution in [1.82, 2.24) is 0 Å². The quantitative estimate of drug-likeness (QED) is 0.499. The van der Waals surface area contributed by atoms with Crippen molar-refractivity contribution in [2.75, 3.05) is 0 Å². The smallest absolute Gasteiger partial charge is 0.208 e. The van der Waals surface area contributed by atoms with Crippen LogP contribution in [0, 0.1) is 0 Å². The van der Waals surface area contributed by atoms with E-state index in [0.717, 1.165) is 24.7 Å². The van der Waals surface area contributed by atoms with Crippen LogP contribution >= 0.6 is 10.7 Å². The molecular weight excluding hydrogens is 196 g/mol. The summed E-state index contributed by atoms with van der Waals surface area (Å²) >= 11 is 0. The summed E-state index contributed by atoms with van der Waals surface area (Å²) in [6, 6.07) is 0. The Morgan fingerprint density at radius 2 is 1.92 bits per heavy atom. The molecule has 72 valence electrons. The molecule has 0 bridgehead atoms. The lowest BCUT2D eigenvalue weighted by molar-refractivity contribution is 0.617. The number of hydrogen-bond donors (Lipinski definition) is 0. The maximum absolute atomic E-state index is 10.4. The lowest BCUT2D eigenvalue weighted by Gasteiger charge is -1.93. The molecule has 2 nitrogen and oxygen atoms in total. The Bertz CT molecular complexity index is 219. The summed E-state index contributed by atoms with van der Waals surface area (Å²) in [5.41, 5.74) is 0. The molecule has 0 aromatic rings. The van der Waals surface area contributed by atoms with Crippen LogP contribution in [-0.2, 0) is 9.05 Å². The SMILES string of the molecule is CCCCCC/C=C/S(=O)(=O)Cl. The molecule has 0 amide bonds. The van der Waals surface area contributed by atoms with E-state index >= 15 is 0 Å². The Hall–Kier alpha value is -0.0200. The highest BCUT2D eigenvalue weighted by Gasteiger charge is 1.94. The first kappa shape index (κ1) is 12.0. The molecule has 0 heterocycles. The lowest BCUT2D eigenvalue weighted by atomic mass is 10.2. The van der Waals surface area contributed by atoms with E-state index in [-0.39, 0.29) is 0 Å². The van der Waals surface area contributed by atoms with Crippen LogP contribution < -0.4 is 0 Å². The Labute approximate surface area is 79.0 Å². The van der Waals surface area contributed by atoms with Crippen molar-refractivity contribution in [2.24, 2.45) is 0 Å². The summed E-state index contributed by atoms with van der Waals surface area (Å²) in [7, 11) is 1.53. The monoisotopic (exact) mass is 210 g/mol. The van der Waals surface area contributed by atoms with Gasteiger partial charge in [0.15, 0.2) is 0 Å². The fourth-order valence-electron chi connectivity index (χ4n) is 0.872. The van der Waals surface area contributed by atoms with E-state index in [2.05, 4.69) is 6.92 Å². The zero-order chi connectivity index (χ0) is 9.45. The van der Waals surface area contributed by atoms with Gasteiger partial charge in [0.1, 0.15) is 0 Å². The molecule has 0 aliphatic heterocycles. The lowest BCUT2D eigenvalue weighted by Crippen LogP contribution is -1.79. The van der Waals surface area contributed by atoms with Crippen LogP contribution in [0.4, 0.5) is 0 Å². The van der Waals surface area contributed by atoms with Gasteiger partial charge in [-0.2, -0.15) is 0 Å². The van der Waals surface area contributed by atoms with E-state index in [0.29, 0.717) is 0 Å². The third kappa shape index (κ3) is 9.98. The maximum Gasteiger partial charge on any atom is 0.254 e. The van der Waals surface area contributed by atoms with Crippen molar-refractivity contribution in [2.45, 2.75) is 39.0 Å². The third-order valence-electron chi connectivity index (χ3n) is 1.48. The van der Waals surface area contributed by atoms with Crippen LogP contribution in [0.15, 0.2) is 11.5 Å². The number of hydrogen-bond acceptors (Lipinski definition) is 2. The van der Waals surface area contributed by atoms with Gasteiger partial charge in [-0.25, -0.2) is 8.42 Å². The predicted molar refractivity (Wildman–Crippen MR) is 52.7 cm³/mol. The van der Waals surface area contributed by atoms with E-state index in [1.165, 1.54) is 12.8 Å². The van der Waals surface area contributed by atoms with Crippen LogP contribution in [0.1, 0.15) is 39.0 Å². The van der Waals surface area contributed by atoms with Crippen LogP contribution in [0.3, 0.4) is 0 Å². The molecule has 0 aliphatic rings. The second-order valence-corrected chi connectivity index (χ2v) is 5.21. The second kappa shape index (κ2) is 6.49. The minimum Gasteiger partial charge on any atom is -0.208 e. The zero-order valence-corrected chi connectivity index (χ0v) is 8.87. The van der Waals surface area contributed by atoms with Gasteiger partial charge in [-0.05, 0) is 12.8 Å². The molecule has 0 rings (SSSR count). The molecule has 0 aromatic carbocycles. The molecule has 4 heteroatoms. The van der Waals surface area contributed by atoms with Crippen LogP contribution in [0.2, 0.25) is 0 Å². The summed E-state index contributed by atoms with van der Waals surface area (Å²) in [6.45, 7) is 2.14. The Morgan fingerprint density at radius 3 is 2.42 bits per heavy atom. The number of rotatable bonds is 6. The second-order valence-electron chi connectivity index (χ2n) is 2.70. The van der Waals surface area contributed by atoms with Gasteiger partial charge in [0, 0.05) is 16.1 Å². The van der Waals surface area contributed by atoms with E-state index in [1.807, 2.05) is 0 Å². The van der Waals surface area contributed by atoms with Gasteiger partial charge in [-0.1, -0.05) is 32.3 Å². The molecule has 0 unspecified atom stereocenters. The standard InChI is InChI=1S/C8H15ClO2S/c1-2-3-4-5-6-7-8-12(9,10)11/h7-8H,2-6H2,1H3/b8-7+. The summed E-state index contributed by atoms with van der Waals surface area (Å²) < 4.78 is 20.8. The van der Waals surface area contributed by atoms with Crippen molar-refractivity contribution in [3.05, 3.63) is 11.5 Å². The Morgan fingerprint density at radius 1 is 1.25 bits per heavy atom. The average molecular weight is 211 g/mol. The topological polar surface area (TPSA) is 34.1 Å². The largest absolute Gasteiger partial charge is 0.254 e. The first-order valence-corrected chi connectivity index (χ1v) is 6.54. The van der Waals surface area contributed by atoms with Gasteiger partial charge >= 0.3 is 0 Å². The minimum atomic E-state index is -3.43. The summed E-state index contributed by atoms with van der Waals surface area (Å²) in [5, 5.41) is 1.06. The van der Waals surface area contributed by atoms with Crippen LogP contribution in [-0.4, -0.2) is 8.42 Å². The molecule has 0 spiro atoms. The number of halogens is 1. The van der Waals surface area contributed by atoms with Crippen molar-refractivity contribution in [1.29, 1.82) is 0 Å². The van der Waals surface area contributed by atoms with Crippen molar-refractivity contribution < 1.29 is 8.42 Å². The summed E-state index contributed by atoms with van der Waals surface area (Å²) in [6.07, 6.45) is 7.00. The molecule has 0 saturated heterocycles. The van der Waals surface area contributed by atoms with E-state index in [4.69, 9.17) is 10.7 Å². The number of allylic oxidation sites excluding steroid dienone is 1.